The average Bonchev–Trinajstić information content (AvgIpc) is 2.68. The number of carbonyl (C=O) groups is 1. The molecule has 0 aromatic heterocycles. The maximum atomic E-state index is 12.2. The second kappa shape index (κ2) is 10.2. The normalized spacial score (nSPS) is 25.3. The van der Waals surface area contributed by atoms with Crippen LogP contribution in [0.5, 0.6) is 0 Å². The van der Waals surface area contributed by atoms with E-state index in [1.54, 1.807) is 12.0 Å². The standard InChI is InChI=1S/C22H35N3O2/c1-24(11-12-27-2)22(26)10-6-9-21-20-13-19(14-23-21)16-25(17-20)15-18-7-4-3-5-8-18/h3-5,7-8,19-21,23H,6,9-17H2,1-2H3/t19-,20+,21+/m0/s1. The van der Waals surface area contributed by atoms with Crippen LogP contribution in [0.2, 0.25) is 0 Å². The van der Waals surface area contributed by atoms with Crippen molar-refractivity contribution in [1.82, 2.24) is 15.1 Å². The van der Waals surface area contributed by atoms with Gasteiger partial charge in [0.05, 0.1) is 6.61 Å². The molecule has 5 heteroatoms. The van der Waals surface area contributed by atoms with E-state index in [1.807, 2.05) is 7.05 Å². The number of ether oxygens (including phenoxy) is 1. The molecule has 2 aliphatic rings. The van der Waals surface area contributed by atoms with Gasteiger partial charge in [0.25, 0.3) is 0 Å². The monoisotopic (exact) mass is 373 g/mol. The number of likely N-dealkylation sites (tertiary alicyclic amines) is 1. The Bertz CT molecular complexity index is 580. The quantitative estimate of drug-likeness (QED) is 0.722. The Morgan fingerprint density at radius 2 is 2.11 bits per heavy atom. The Labute approximate surface area is 164 Å². The number of carbonyl (C=O) groups excluding carboxylic acids is 1. The van der Waals surface area contributed by atoms with Crippen molar-refractivity contribution in [3.63, 3.8) is 0 Å². The molecule has 150 valence electrons. The summed E-state index contributed by atoms with van der Waals surface area (Å²) in [7, 11) is 3.54. The van der Waals surface area contributed by atoms with Crippen LogP contribution < -0.4 is 5.32 Å². The van der Waals surface area contributed by atoms with E-state index in [4.69, 9.17) is 4.74 Å². The second-order valence-corrected chi connectivity index (χ2v) is 8.26. The third-order valence-electron chi connectivity index (χ3n) is 6.09. The number of likely N-dealkylation sites (N-methyl/N-ethyl adjacent to an activating group) is 1. The van der Waals surface area contributed by atoms with E-state index in [0.29, 0.717) is 31.5 Å². The highest BCUT2D eigenvalue weighted by atomic mass is 16.5. The molecule has 3 atom stereocenters. The summed E-state index contributed by atoms with van der Waals surface area (Å²) in [5.74, 6) is 1.71. The Kier molecular flexibility index (Phi) is 7.68. The van der Waals surface area contributed by atoms with Gasteiger partial charge in [-0.15, -0.1) is 0 Å². The number of fused-ring (bicyclic) bond motifs is 2. The van der Waals surface area contributed by atoms with Crippen molar-refractivity contribution in [2.45, 2.75) is 38.3 Å². The molecule has 2 saturated heterocycles. The van der Waals surface area contributed by atoms with Crippen molar-refractivity contribution in [2.75, 3.05) is 46.9 Å². The van der Waals surface area contributed by atoms with Crippen LogP contribution in [0.3, 0.4) is 0 Å². The van der Waals surface area contributed by atoms with Crippen LogP contribution in [0.25, 0.3) is 0 Å². The second-order valence-electron chi connectivity index (χ2n) is 8.26. The van der Waals surface area contributed by atoms with Gasteiger partial charge in [-0.1, -0.05) is 30.3 Å². The van der Waals surface area contributed by atoms with Gasteiger partial charge in [0.1, 0.15) is 0 Å². The third-order valence-corrected chi connectivity index (χ3v) is 6.09. The smallest absolute Gasteiger partial charge is 0.222 e. The molecule has 2 aliphatic heterocycles. The van der Waals surface area contributed by atoms with E-state index < -0.39 is 0 Å². The minimum atomic E-state index is 0.232. The zero-order valence-electron chi connectivity index (χ0n) is 16.9. The maximum absolute atomic E-state index is 12.2. The molecule has 5 nitrogen and oxygen atoms in total. The van der Waals surface area contributed by atoms with Crippen molar-refractivity contribution in [3.8, 4) is 0 Å². The van der Waals surface area contributed by atoms with E-state index >= 15 is 0 Å². The summed E-state index contributed by atoms with van der Waals surface area (Å²) in [6.07, 6.45) is 4.04. The fourth-order valence-corrected chi connectivity index (χ4v) is 4.60. The lowest BCUT2D eigenvalue weighted by molar-refractivity contribution is -0.130. The number of amides is 1. The van der Waals surface area contributed by atoms with Crippen LogP contribution in [0.1, 0.15) is 31.2 Å². The third kappa shape index (κ3) is 6.03. The van der Waals surface area contributed by atoms with Crippen molar-refractivity contribution in [2.24, 2.45) is 11.8 Å². The topological polar surface area (TPSA) is 44.8 Å². The van der Waals surface area contributed by atoms with Gasteiger partial charge in [-0.2, -0.15) is 0 Å². The summed E-state index contributed by atoms with van der Waals surface area (Å²) >= 11 is 0. The van der Waals surface area contributed by atoms with Crippen LogP contribution in [0.15, 0.2) is 30.3 Å². The first-order chi connectivity index (χ1) is 13.2. The fourth-order valence-electron chi connectivity index (χ4n) is 4.60. The van der Waals surface area contributed by atoms with Crippen molar-refractivity contribution in [3.05, 3.63) is 35.9 Å². The average molecular weight is 374 g/mol. The Morgan fingerprint density at radius 1 is 1.30 bits per heavy atom. The highest BCUT2D eigenvalue weighted by Gasteiger charge is 2.36. The molecule has 2 heterocycles. The summed E-state index contributed by atoms with van der Waals surface area (Å²) in [6.45, 7) is 5.83. The van der Waals surface area contributed by atoms with Crippen LogP contribution in [0, 0.1) is 11.8 Å². The molecule has 0 aliphatic carbocycles. The molecule has 1 aromatic carbocycles. The van der Waals surface area contributed by atoms with Gasteiger partial charge in [-0.3, -0.25) is 9.69 Å². The van der Waals surface area contributed by atoms with E-state index in [0.717, 1.165) is 31.8 Å². The van der Waals surface area contributed by atoms with Gasteiger partial charge < -0.3 is 15.0 Å². The van der Waals surface area contributed by atoms with Crippen molar-refractivity contribution < 1.29 is 9.53 Å². The lowest BCUT2D eigenvalue weighted by Crippen LogP contribution is -2.55. The molecule has 0 spiro atoms. The summed E-state index contributed by atoms with van der Waals surface area (Å²) < 4.78 is 5.05. The van der Waals surface area contributed by atoms with E-state index in [2.05, 4.69) is 40.5 Å². The summed E-state index contributed by atoms with van der Waals surface area (Å²) in [4.78, 5) is 16.6. The van der Waals surface area contributed by atoms with Crippen molar-refractivity contribution in [1.29, 1.82) is 0 Å². The number of nitrogens with zero attached hydrogens (tertiary/aromatic N) is 2. The van der Waals surface area contributed by atoms with Crippen LogP contribution in [-0.2, 0) is 16.1 Å². The largest absolute Gasteiger partial charge is 0.383 e. The number of hydrogen-bond acceptors (Lipinski definition) is 4. The van der Waals surface area contributed by atoms with Gasteiger partial charge in [0.2, 0.25) is 5.91 Å². The molecule has 2 bridgehead atoms. The first-order valence-corrected chi connectivity index (χ1v) is 10.4. The number of piperidine rings is 2. The van der Waals surface area contributed by atoms with E-state index in [9.17, 15) is 4.79 Å². The zero-order valence-corrected chi connectivity index (χ0v) is 16.9. The minimum absolute atomic E-state index is 0.232. The summed E-state index contributed by atoms with van der Waals surface area (Å²) in [5.41, 5.74) is 1.41. The molecular weight excluding hydrogens is 338 g/mol. The molecule has 1 N–H and O–H groups in total. The minimum Gasteiger partial charge on any atom is -0.383 e. The van der Waals surface area contributed by atoms with Crippen LogP contribution in [0.4, 0.5) is 0 Å². The first-order valence-electron chi connectivity index (χ1n) is 10.4. The van der Waals surface area contributed by atoms with Gasteiger partial charge in [0, 0.05) is 52.8 Å². The Hall–Kier alpha value is -1.43. The molecule has 0 saturated carbocycles. The SMILES string of the molecule is COCCN(C)C(=O)CCC[C@H]1NC[C@@H]2C[C@@H]1CN(Cc1ccccc1)C2. The predicted molar refractivity (Wildman–Crippen MR) is 108 cm³/mol. The number of benzene rings is 1. The summed E-state index contributed by atoms with van der Waals surface area (Å²) in [5, 5.41) is 3.77. The number of rotatable bonds is 9. The summed E-state index contributed by atoms with van der Waals surface area (Å²) in [6, 6.07) is 11.4. The fraction of sp³-hybridized carbons (Fsp3) is 0.682. The van der Waals surface area contributed by atoms with Gasteiger partial charge in [0.15, 0.2) is 0 Å². The Morgan fingerprint density at radius 3 is 2.89 bits per heavy atom. The predicted octanol–water partition coefficient (Wildman–Crippen LogP) is 2.37. The molecular formula is C22H35N3O2. The molecule has 0 radical (unpaired) electrons. The molecule has 0 unspecified atom stereocenters. The maximum Gasteiger partial charge on any atom is 0.222 e. The zero-order chi connectivity index (χ0) is 19.1. The van der Waals surface area contributed by atoms with Gasteiger partial charge >= 0.3 is 0 Å². The highest BCUT2D eigenvalue weighted by molar-refractivity contribution is 5.75. The van der Waals surface area contributed by atoms with Gasteiger partial charge in [-0.25, -0.2) is 0 Å². The molecule has 1 aromatic rings. The molecule has 2 fully saturated rings. The number of nitrogens with one attached hydrogen (secondary N) is 1. The lowest BCUT2D eigenvalue weighted by Gasteiger charge is -2.46. The molecule has 3 rings (SSSR count). The number of hydrogen-bond donors (Lipinski definition) is 1. The van der Waals surface area contributed by atoms with Gasteiger partial charge in [-0.05, 0) is 43.2 Å². The lowest BCUT2D eigenvalue weighted by atomic mass is 9.79. The van der Waals surface area contributed by atoms with Crippen molar-refractivity contribution >= 4 is 5.91 Å². The molecule has 1 amide bonds. The Balaban J connectivity index is 1.43. The first kappa shape index (κ1) is 20.3. The number of methoxy groups -OCH3 is 1. The highest BCUT2D eigenvalue weighted by Crippen LogP contribution is 2.31. The van der Waals surface area contributed by atoms with E-state index in [-0.39, 0.29) is 5.91 Å². The van der Waals surface area contributed by atoms with Crippen LogP contribution >= 0.6 is 0 Å². The molecule has 27 heavy (non-hydrogen) atoms. The van der Waals surface area contributed by atoms with E-state index in [1.165, 1.54) is 25.1 Å². The van der Waals surface area contributed by atoms with Crippen LogP contribution in [-0.4, -0.2) is 68.7 Å².